The molecule has 20 heavy (non-hydrogen) atoms. The molecule has 1 aliphatic heterocycles. The van der Waals surface area contributed by atoms with E-state index in [1.165, 1.54) is 0 Å². The summed E-state index contributed by atoms with van der Waals surface area (Å²) in [5.74, 6) is 0. The van der Waals surface area contributed by atoms with Gasteiger partial charge in [0.2, 0.25) is 10.0 Å². The molecule has 2 rings (SSSR count). The maximum absolute atomic E-state index is 12.7. The van der Waals surface area contributed by atoms with Gasteiger partial charge in [0.15, 0.2) is 0 Å². The number of benzene rings is 1. The van der Waals surface area contributed by atoms with Crippen LogP contribution in [-0.4, -0.2) is 38.4 Å². The Balaban J connectivity index is 2.15. The molecule has 5 heteroatoms. The zero-order valence-corrected chi connectivity index (χ0v) is 12.9. The highest BCUT2D eigenvalue weighted by Gasteiger charge is 2.27. The molecule has 0 aromatic heterocycles. The lowest BCUT2D eigenvalue weighted by molar-refractivity contribution is 0.364. The summed E-state index contributed by atoms with van der Waals surface area (Å²) >= 11 is 0. The molecule has 0 radical (unpaired) electrons. The van der Waals surface area contributed by atoms with E-state index in [0.717, 1.165) is 32.2 Å². The van der Waals surface area contributed by atoms with Crippen molar-refractivity contribution >= 4 is 10.0 Å². The molecule has 1 N–H and O–H groups in total. The van der Waals surface area contributed by atoms with Crippen molar-refractivity contribution in [3.05, 3.63) is 30.3 Å². The Hall–Kier alpha value is -0.910. The van der Waals surface area contributed by atoms with Crippen LogP contribution in [0.4, 0.5) is 0 Å². The van der Waals surface area contributed by atoms with Gasteiger partial charge in [0.1, 0.15) is 0 Å². The smallest absolute Gasteiger partial charge is 0.243 e. The van der Waals surface area contributed by atoms with Gasteiger partial charge in [-0.25, -0.2) is 8.42 Å². The fourth-order valence-electron chi connectivity index (χ4n) is 2.54. The third-order valence-corrected chi connectivity index (χ3v) is 5.61. The lowest BCUT2D eigenvalue weighted by Gasteiger charge is -2.25. The Bertz CT molecular complexity index is 496. The van der Waals surface area contributed by atoms with Gasteiger partial charge in [0, 0.05) is 19.1 Å². The van der Waals surface area contributed by atoms with Crippen LogP contribution in [0.5, 0.6) is 0 Å². The van der Waals surface area contributed by atoms with Crippen LogP contribution in [0.15, 0.2) is 35.2 Å². The van der Waals surface area contributed by atoms with E-state index in [1.807, 2.05) is 6.07 Å². The number of nitrogens with one attached hydrogen (secondary N) is 1. The first kappa shape index (κ1) is 15.5. The Labute approximate surface area is 122 Å². The summed E-state index contributed by atoms with van der Waals surface area (Å²) in [6.07, 6.45) is 4.10. The SMILES string of the molecule is CCCCN(CC1CCCN1)S(=O)(=O)c1ccccc1. The van der Waals surface area contributed by atoms with Crippen LogP contribution in [0, 0.1) is 0 Å². The molecule has 0 saturated carbocycles. The van der Waals surface area contributed by atoms with Crippen molar-refractivity contribution in [1.29, 1.82) is 0 Å². The van der Waals surface area contributed by atoms with Gasteiger partial charge in [-0.05, 0) is 37.9 Å². The van der Waals surface area contributed by atoms with Gasteiger partial charge in [0.05, 0.1) is 4.90 Å². The van der Waals surface area contributed by atoms with E-state index in [-0.39, 0.29) is 0 Å². The minimum absolute atomic E-state index is 0.297. The maximum Gasteiger partial charge on any atom is 0.243 e. The zero-order valence-electron chi connectivity index (χ0n) is 12.1. The first-order chi connectivity index (χ1) is 9.64. The molecular weight excluding hydrogens is 272 g/mol. The number of hydrogen-bond acceptors (Lipinski definition) is 3. The van der Waals surface area contributed by atoms with Gasteiger partial charge in [0.25, 0.3) is 0 Å². The third-order valence-electron chi connectivity index (χ3n) is 3.73. The summed E-state index contributed by atoms with van der Waals surface area (Å²) in [6, 6.07) is 9.04. The number of sulfonamides is 1. The van der Waals surface area contributed by atoms with E-state index in [2.05, 4.69) is 12.2 Å². The second kappa shape index (κ2) is 7.20. The monoisotopic (exact) mass is 296 g/mol. The van der Waals surface area contributed by atoms with E-state index in [0.29, 0.717) is 24.0 Å². The first-order valence-corrected chi connectivity index (χ1v) is 8.87. The molecule has 1 saturated heterocycles. The Morgan fingerprint density at radius 2 is 2.05 bits per heavy atom. The summed E-state index contributed by atoms with van der Waals surface area (Å²) in [7, 11) is -3.37. The summed E-state index contributed by atoms with van der Waals surface area (Å²) in [5.41, 5.74) is 0. The van der Waals surface area contributed by atoms with Crippen molar-refractivity contribution in [2.24, 2.45) is 0 Å². The van der Waals surface area contributed by atoms with Crippen molar-refractivity contribution < 1.29 is 8.42 Å². The molecule has 0 aliphatic carbocycles. The zero-order chi connectivity index (χ0) is 14.4. The Morgan fingerprint density at radius 1 is 1.30 bits per heavy atom. The molecule has 0 bridgehead atoms. The topological polar surface area (TPSA) is 49.4 Å². The lowest BCUT2D eigenvalue weighted by atomic mass is 10.2. The highest BCUT2D eigenvalue weighted by Crippen LogP contribution is 2.18. The standard InChI is InChI=1S/C15H24N2O2S/c1-2-3-12-17(13-14-8-7-11-16-14)20(18,19)15-9-5-4-6-10-15/h4-6,9-10,14,16H,2-3,7-8,11-13H2,1H3. The lowest BCUT2D eigenvalue weighted by Crippen LogP contribution is -2.41. The van der Waals surface area contributed by atoms with Crippen LogP contribution >= 0.6 is 0 Å². The van der Waals surface area contributed by atoms with Crippen molar-refractivity contribution in [3.63, 3.8) is 0 Å². The van der Waals surface area contributed by atoms with Crippen LogP contribution in [0.1, 0.15) is 32.6 Å². The third kappa shape index (κ3) is 3.81. The molecule has 1 atom stereocenters. The Kier molecular flexibility index (Phi) is 5.57. The van der Waals surface area contributed by atoms with Crippen LogP contribution in [0.3, 0.4) is 0 Å². The molecule has 1 fully saturated rings. The number of hydrogen-bond donors (Lipinski definition) is 1. The van der Waals surface area contributed by atoms with E-state index in [1.54, 1.807) is 28.6 Å². The minimum atomic E-state index is -3.37. The van der Waals surface area contributed by atoms with Crippen LogP contribution < -0.4 is 5.32 Å². The average Bonchev–Trinajstić information content (AvgIpc) is 2.97. The fraction of sp³-hybridized carbons (Fsp3) is 0.600. The summed E-state index contributed by atoms with van der Waals surface area (Å²) in [4.78, 5) is 0.397. The van der Waals surface area contributed by atoms with Crippen LogP contribution in [0.2, 0.25) is 0 Å². The normalized spacial score (nSPS) is 19.6. The molecule has 112 valence electrons. The van der Waals surface area contributed by atoms with Gasteiger partial charge in [-0.1, -0.05) is 31.5 Å². The van der Waals surface area contributed by atoms with E-state index >= 15 is 0 Å². The molecule has 1 unspecified atom stereocenters. The van der Waals surface area contributed by atoms with E-state index in [4.69, 9.17) is 0 Å². The summed E-state index contributed by atoms with van der Waals surface area (Å²) in [5, 5.41) is 3.38. The first-order valence-electron chi connectivity index (χ1n) is 7.43. The van der Waals surface area contributed by atoms with Crippen molar-refractivity contribution in [3.8, 4) is 0 Å². The predicted octanol–water partition coefficient (Wildman–Crippen LogP) is 2.23. The van der Waals surface area contributed by atoms with Gasteiger partial charge >= 0.3 is 0 Å². The van der Waals surface area contributed by atoms with E-state index < -0.39 is 10.0 Å². The number of nitrogens with zero attached hydrogens (tertiary/aromatic N) is 1. The molecule has 4 nitrogen and oxygen atoms in total. The summed E-state index contributed by atoms with van der Waals surface area (Å²) in [6.45, 7) is 4.27. The van der Waals surface area contributed by atoms with Gasteiger partial charge < -0.3 is 5.32 Å². The largest absolute Gasteiger partial charge is 0.313 e. The molecular formula is C15H24N2O2S. The molecule has 1 heterocycles. The highest BCUT2D eigenvalue weighted by atomic mass is 32.2. The van der Waals surface area contributed by atoms with Crippen molar-refractivity contribution in [1.82, 2.24) is 9.62 Å². The molecule has 0 amide bonds. The number of unbranched alkanes of at least 4 members (excludes halogenated alkanes) is 1. The minimum Gasteiger partial charge on any atom is -0.313 e. The van der Waals surface area contributed by atoms with Gasteiger partial charge in [-0.2, -0.15) is 4.31 Å². The van der Waals surface area contributed by atoms with Crippen LogP contribution in [0.25, 0.3) is 0 Å². The average molecular weight is 296 g/mol. The van der Waals surface area contributed by atoms with Crippen molar-refractivity contribution in [2.45, 2.75) is 43.5 Å². The van der Waals surface area contributed by atoms with Gasteiger partial charge in [-0.15, -0.1) is 0 Å². The van der Waals surface area contributed by atoms with Crippen molar-refractivity contribution in [2.75, 3.05) is 19.6 Å². The number of rotatable bonds is 7. The maximum atomic E-state index is 12.7. The fourth-order valence-corrected chi connectivity index (χ4v) is 4.09. The molecule has 0 spiro atoms. The van der Waals surface area contributed by atoms with Gasteiger partial charge in [-0.3, -0.25) is 0 Å². The van der Waals surface area contributed by atoms with E-state index in [9.17, 15) is 8.42 Å². The van der Waals surface area contributed by atoms with Crippen LogP contribution in [-0.2, 0) is 10.0 Å². The quantitative estimate of drug-likeness (QED) is 0.839. The predicted molar refractivity (Wildman–Crippen MR) is 81.1 cm³/mol. The molecule has 1 aliphatic rings. The molecule has 1 aromatic carbocycles. The highest BCUT2D eigenvalue weighted by molar-refractivity contribution is 7.89. The Morgan fingerprint density at radius 3 is 2.65 bits per heavy atom. The second-order valence-corrected chi connectivity index (χ2v) is 7.26. The molecule has 1 aromatic rings. The second-order valence-electron chi connectivity index (χ2n) is 5.32. The summed E-state index contributed by atoms with van der Waals surface area (Å²) < 4.78 is 27.1.